The molecular weight excluding hydrogens is 236 g/mol. The van der Waals surface area contributed by atoms with Crippen LogP contribution in [0.4, 0.5) is 5.95 Å². The minimum atomic E-state index is 0.145. The SMILES string of the molecule is CC1(C)CN(c2ncc(C3CCCC3)cn2)CCN1. The predicted molar refractivity (Wildman–Crippen MR) is 77.5 cm³/mol. The number of anilines is 1. The van der Waals surface area contributed by atoms with Gasteiger partial charge >= 0.3 is 0 Å². The molecule has 3 rings (SSSR count). The summed E-state index contributed by atoms with van der Waals surface area (Å²) in [6.07, 6.45) is 9.43. The molecule has 1 aromatic heterocycles. The van der Waals surface area contributed by atoms with E-state index in [0.717, 1.165) is 25.6 Å². The molecule has 0 spiro atoms. The molecule has 2 heterocycles. The molecule has 1 aliphatic carbocycles. The van der Waals surface area contributed by atoms with E-state index in [4.69, 9.17) is 0 Å². The number of rotatable bonds is 2. The van der Waals surface area contributed by atoms with Gasteiger partial charge in [-0.05, 0) is 38.2 Å². The van der Waals surface area contributed by atoms with Crippen LogP contribution in [0.15, 0.2) is 12.4 Å². The summed E-state index contributed by atoms with van der Waals surface area (Å²) >= 11 is 0. The van der Waals surface area contributed by atoms with Gasteiger partial charge in [-0.3, -0.25) is 0 Å². The average Bonchev–Trinajstić information content (AvgIpc) is 2.92. The molecule has 4 heteroatoms. The molecule has 2 fully saturated rings. The van der Waals surface area contributed by atoms with Crippen LogP contribution in [0.2, 0.25) is 0 Å². The highest BCUT2D eigenvalue weighted by molar-refractivity contribution is 5.33. The van der Waals surface area contributed by atoms with Crippen molar-refractivity contribution in [3.63, 3.8) is 0 Å². The normalized spacial score (nSPS) is 23.8. The molecule has 1 aromatic rings. The second kappa shape index (κ2) is 5.08. The van der Waals surface area contributed by atoms with E-state index in [1.54, 1.807) is 0 Å². The standard InChI is InChI=1S/C15H24N4/c1-15(2)11-19(8-7-18-15)14-16-9-13(10-17-14)12-5-3-4-6-12/h9-10,12,18H,3-8,11H2,1-2H3. The summed E-state index contributed by atoms with van der Waals surface area (Å²) in [4.78, 5) is 11.5. The summed E-state index contributed by atoms with van der Waals surface area (Å²) in [6.45, 7) is 7.42. The van der Waals surface area contributed by atoms with Crippen molar-refractivity contribution in [3.8, 4) is 0 Å². The van der Waals surface area contributed by atoms with Crippen LogP contribution in [0.1, 0.15) is 51.0 Å². The molecule has 0 bridgehead atoms. The lowest BCUT2D eigenvalue weighted by Gasteiger charge is -2.39. The molecule has 1 N–H and O–H groups in total. The van der Waals surface area contributed by atoms with Crippen LogP contribution in [0.25, 0.3) is 0 Å². The maximum Gasteiger partial charge on any atom is 0.225 e. The highest BCUT2D eigenvalue weighted by Gasteiger charge is 2.27. The molecule has 0 aromatic carbocycles. The fourth-order valence-electron chi connectivity index (χ4n) is 3.28. The van der Waals surface area contributed by atoms with Crippen molar-refractivity contribution in [2.24, 2.45) is 0 Å². The zero-order valence-corrected chi connectivity index (χ0v) is 12.0. The third-order valence-corrected chi connectivity index (χ3v) is 4.34. The minimum absolute atomic E-state index is 0.145. The third-order valence-electron chi connectivity index (χ3n) is 4.34. The Kier molecular flexibility index (Phi) is 3.44. The van der Waals surface area contributed by atoms with E-state index in [-0.39, 0.29) is 5.54 Å². The number of nitrogens with one attached hydrogen (secondary N) is 1. The first-order valence-electron chi connectivity index (χ1n) is 7.46. The van der Waals surface area contributed by atoms with Crippen LogP contribution >= 0.6 is 0 Å². The van der Waals surface area contributed by atoms with Crippen molar-refractivity contribution in [2.45, 2.75) is 51.0 Å². The summed E-state index contributed by atoms with van der Waals surface area (Å²) in [7, 11) is 0. The van der Waals surface area contributed by atoms with Crippen molar-refractivity contribution in [1.82, 2.24) is 15.3 Å². The predicted octanol–water partition coefficient (Wildman–Crippen LogP) is 2.32. The van der Waals surface area contributed by atoms with Gasteiger partial charge in [0.2, 0.25) is 5.95 Å². The van der Waals surface area contributed by atoms with Crippen LogP contribution in [-0.2, 0) is 0 Å². The molecule has 1 aliphatic heterocycles. The summed E-state index contributed by atoms with van der Waals surface area (Å²) in [5.41, 5.74) is 1.47. The average molecular weight is 260 g/mol. The maximum atomic E-state index is 4.60. The maximum absolute atomic E-state index is 4.60. The van der Waals surface area contributed by atoms with Crippen LogP contribution < -0.4 is 10.2 Å². The largest absolute Gasteiger partial charge is 0.338 e. The van der Waals surface area contributed by atoms with Gasteiger partial charge in [0.15, 0.2) is 0 Å². The van der Waals surface area contributed by atoms with Crippen molar-refractivity contribution < 1.29 is 0 Å². The van der Waals surface area contributed by atoms with Crippen LogP contribution in [0.3, 0.4) is 0 Å². The molecule has 0 radical (unpaired) electrons. The van der Waals surface area contributed by atoms with Gasteiger partial charge in [-0.1, -0.05) is 12.8 Å². The number of aromatic nitrogens is 2. The molecular formula is C15H24N4. The number of hydrogen-bond acceptors (Lipinski definition) is 4. The van der Waals surface area contributed by atoms with Crippen molar-refractivity contribution in [1.29, 1.82) is 0 Å². The third kappa shape index (κ3) is 2.89. The smallest absolute Gasteiger partial charge is 0.225 e. The molecule has 1 saturated heterocycles. The molecule has 2 aliphatic rings. The van der Waals surface area contributed by atoms with Gasteiger partial charge < -0.3 is 10.2 Å². The van der Waals surface area contributed by atoms with Gasteiger partial charge in [-0.2, -0.15) is 0 Å². The van der Waals surface area contributed by atoms with Crippen molar-refractivity contribution in [2.75, 3.05) is 24.5 Å². The van der Waals surface area contributed by atoms with E-state index in [1.165, 1.54) is 31.2 Å². The molecule has 1 saturated carbocycles. The van der Waals surface area contributed by atoms with Crippen molar-refractivity contribution in [3.05, 3.63) is 18.0 Å². The minimum Gasteiger partial charge on any atom is -0.338 e. The zero-order valence-electron chi connectivity index (χ0n) is 12.0. The monoisotopic (exact) mass is 260 g/mol. The summed E-state index contributed by atoms with van der Waals surface area (Å²) in [5, 5.41) is 3.52. The van der Waals surface area contributed by atoms with E-state index in [1.807, 2.05) is 12.4 Å². The Labute approximate surface area is 115 Å². The fourth-order valence-corrected chi connectivity index (χ4v) is 3.28. The Balaban J connectivity index is 1.71. The van der Waals surface area contributed by atoms with E-state index >= 15 is 0 Å². The highest BCUT2D eigenvalue weighted by atomic mass is 15.3. The Morgan fingerprint density at radius 2 is 1.89 bits per heavy atom. The summed E-state index contributed by atoms with van der Waals surface area (Å²) in [5.74, 6) is 1.59. The Bertz CT molecular complexity index is 420. The van der Waals surface area contributed by atoms with E-state index in [0.29, 0.717) is 5.92 Å². The first-order chi connectivity index (χ1) is 9.14. The molecule has 19 heavy (non-hydrogen) atoms. The lowest BCUT2D eigenvalue weighted by molar-refractivity contribution is 0.350. The zero-order chi connectivity index (χ0) is 13.3. The number of hydrogen-bond donors (Lipinski definition) is 1. The van der Waals surface area contributed by atoms with E-state index in [2.05, 4.69) is 34.0 Å². The second-order valence-electron chi connectivity index (χ2n) is 6.53. The molecule has 0 atom stereocenters. The summed E-state index contributed by atoms with van der Waals surface area (Å²) in [6, 6.07) is 0. The van der Waals surface area contributed by atoms with Gasteiger partial charge in [0, 0.05) is 37.6 Å². The Hall–Kier alpha value is -1.16. The lowest BCUT2D eigenvalue weighted by Crippen LogP contribution is -2.57. The first kappa shape index (κ1) is 12.9. The number of nitrogens with zero attached hydrogens (tertiary/aromatic N) is 3. The second-order valence-corrected chi connectivity index (χ2v) is 6.53. The molecule has 0 amide bonds. The van der Waals surface area contributed by atoms with Crippen LogP contribution in [0.5, 0.6) is 0 Å². The van der Waals surface area contributed by atoms with Gasteiger partial charge in [-0.25, -0.2) is 9.97 Å². The van der Waals surface area contributed by atoms with Gasteiger partial charge in [0.25, 0.3) is 0 Å². The molecule has 4 nitrogen and oxygen atoms in total. The highest BCUT2D eigenvalue weighted by Crippen LogP contribution is 2.33. The fraction of sp³-hybridized carbons (Fsp3) is 0.733. The quantitative estimate of drug-likeness (QED) is 0.886. The first-order valence-corrected chi connectivity index (χ1v) is 7.46. The number of piperazine rings is 1. The lowest BCUT2D eigenvalue weighted by atomic mass is 10.0. The van der Waals surface area contributed by atoms with Gasteiger partial charge in [-0.15, -0.1) is 0 Å². The van der Waals surface area contributed by atoms with Crippen LogP contribution in [-0.4, -0.2) is 35.1 Å². The van der Waals surface area contributed by atoms with Crippen LogP contribution in [0, 0.1) is 0 Å². The van der Waals surface area contributed by atoms with Gasteiger partial charge in [0.05, 0.1) is 0 Å². The summed E-state index contributed by atoms with van der Waals surface area (Å²) < 4.78 is 0. The van der Waals surface area contributed by atoms with E-state index < -0.39 is 0 Å². The molecule has 104 valence electrons. The topological polar surface area (TPSA) is 41.1 Å². The van der Waals surface area contributed by atoms with Gasteiger partial charge in [0.1, 0.15) is 0 Å². The Morgan fingerprint density at radius 3 is 2.53 bits per heavy atom. The molecule has 0 unspecified atom stereocenters. The van der Waals surface area contributed by atoms with E-state index in [9.17, 15) is 0 Å². The Morgan fingerprint density at radius 1 is 1.21 bits per heavy atom. The van der Waals surface area contributed by atoms with Crippen molar-refractivity contribution >= 4 is 5.95 Å².